The lowest BCUT2D eigenvalue weighted by Gasteiger charge is -2.18. The smallest absolute Gasteiger partial charge is 0.427 e. The van der Waals surface area contributed by atoms with E-state index in [1.807, 2.05) is 0 Å². The normalized spacial score (nSPS) is 14.3. The summed E-state index contributed by atoms with van der Waals surface area (Å²) in [6.45, 7) is 7.31. The highest BCUT2D eigenvalue weighted by atomic mass is 35.5. The van der Waals surface area contributed by atoms with E-state index < -0.39 is 113 Å². The number of methoxy groups -OCH3 is 3. The summed E-state index contributed by atoms with van der Waals surface area (Å²) in [6.07, 6.45) is -2.10. The molecule has 2 fully saturated rings. The molecular weight excluding hydrogens is 1320 g/mol. The van der Waals surface area contributed by atoms with Crippen molar-refractivity contribution in [3.63, 3.8) is 0 Å². The fourth-order valence-corrected chi connectivity index (χ4v) is 12.1. The van der Waals surface area contributed by atoms with Gasteiger partial charge in [-0.05, 0) is 94.7 Å². The summed E-state index contributed by atoms with van der Waals surface area (Å²) in [5, 5.41) is 11.8. The zero-order valence-corrected chi connectivity index (χ0v) is 53.5. The number of nitrogens with two attached hydrogens (primary N) is 1. The van der Waals surface area contributed by atoms with E-state index in [-0.39, 0.29) is 87.7 Å². The number of carbonyl (C=O) groups excluding carboxylic acids is 4. The number of carboxylic acid groups (broad SMARTS) is 1. The average molecular weight is 1390 g/mol. The van der Waals surface area contributed by atoms with Crippen molar-refractivity contribution in [3.05, 3.63) is 94.4 Å². The fraction of sp³-hybridized carbons (Fsp3) is 0.392. The average Bonchev–Trinajstić information content (AvgIpc) is 1.79. The van der Waals surface area contributed by atoms with Crippen LogP contribution in [0.25, 0.3) is 0 Å². The molecule has 2 unspecified atom stereocenters. The summed E-state index contributed by atoms with van der Waals surface area (Å²) < 4.78 is 165. The minimum Gasteiger partial charge on any atom is -0.489 e. The fourth-order valence-electron chi connectivity index (χ4n) is 7.45. The highest BCUT2D eigenvalue weighted by Crippen LogP contribution is 2.38. The maximum absolute atomic E-state index is 14.3. The van der Waals surface area contributed by atoms with Crippen LogP contribution < -0.4 is 49.7 Å². The lowest BCUT2D eigenvalue weighted by Crippen LogP contribution is -2.36. The van der Waals surface area contributed by atoms with E-state index >= 15 is 0 Å². The molecule has 0 radical (unpaired) electrons. The third kappa shape index (κ3) is 23.1. The molecule has 40 heteroatoms. The predicted molar refractivity (Wildman–Crippen MR) is 315 cm³/mol. The molecule has 1 aliphatic heterocycles. The Morgan fingerprint density at radius 2 is 1.43 bits per heavy atom. The first-order valence-electron chi connectivity index (χ1n) is 26.2. The van der Waals surface area contributed by atoms with Gasteiger partial charge in [-0.25, -0.2) is 54.9 Å². The van der Waals surface area contributed by atoms with Gasteiger partial charge in [0.1, 0.15) is 28.3 Å². The van der Waals surface area contributed by atoms with Gasteiger partial charge in [0.15, 0.2) is 28.0 Å². The minimum absolute atomic E-state index is 0.00962. The molecule has 3 aromatic heterocycles. The van der Waals surface area contributed by atoms with Crippen molar-refractivity contribution in [2.45, 2.75) is 106 Å². The molecule has 0 spiro atoms. The van der Waals surface area contributed by atoms with E-state index in [2.05, 4.69) is 40.5 Å². The van der Waals surface area contributed by atoms with Crippen molar-refractivity contribution in [1.82, 2.24) is 39.3 Å². The van der Waals surface area contributed by atoms with E-state index in [1.165, 1.54) is 78.2 Å². The number of benzene rings is 2. The molecule has 2 aromatic carbocycles. The van der Waals surface area contributed by atoms with Crippen molar-refractivity contribution in [3.8, 4) is 23.5 Å². The first kappa shape index (κ1) is 75.0. The number of carbonyl (C=O) groups is 5. The minimum atomic E-state index is -4.61. The second kappa shape index (κ2) is 32.5. The summed E-state index contributed by atoms with van der Waals surface area (Å²) >= 11 is 6.04. The molecule has 91 heavy (non-hydrogen) atoms. The predicted octanol–water partition coefficient (Wildman–Crippen LogP) is 6.65. The monoisotopic (exact) mass is 1380 g/mol. The third-order valence-corrected chi connectivity index (χ3v) is 17.8. The van der Waals surface area contributed by atoms with Gasteiger partial charge in [0, 0.05) is 31.5 Å². The van der Waals surface area contributed by atoms with Crippen LogP contribution in [-0.4, -0.2) is 153 Å². The van der Waals surface area contributed by atoms with Crippen LogP contribution in [0.2, 0.25) is 5.02 Å². The molecule has 0 bridgehead atoms. The number of imide groups is 1. The Morgan fingerprint density at radius 3 is 1.96 bits per heavy atom. The van der Waals surface area contributed by atoms with Gasteiger partial charge in [-0.15, -0.1) is 0 Å². The van der Waals surface area contributed by atoms with Crippen LogP contribution in [0.4, 0.5) is 49.5 Å². The molecular formula is C51H62ClF4N12O19PS3. The zero-order valence-electron chi connectivity index (χ0n) is 49.4. The van der Waals surface area contributed by atoms with E-state index in [9.17, 15) is 71.4 Å². The van der Waals surface area contributed by atoms with E-state index in [0.29, 0.717) is 10.5 Å². The number of allylic oxidation sites excluding steroid dienone is 1. The molecule has 498 valence electrons. The summed E-state index contributed by atoms with van der Waals surface area (Å²) in [5.74, 6) is -3.04. The van der Waals surface area contributed by atoms with Gasteiger partial charge in [-0.2, -0.15) is 46.5 Å². The summed E-state index contributed by atoms with van der Waals surface area (Å²) in [4.78, 5) is 89.6. The van der Waals surface area contributed by atoms with Gasteiger partial charge in [0.25, 0.3) is 20.0 Å². The van der Waals surface area contributed by atoms with Crippen molar-refractivity contribution < 1.29 is 105 Å². The number of pyridine rings is 1. The number of nitrogens with zero attached hydrogens (tertiary/aromatic N) is 7. The number of hydrogen-bond donors (Lipinski definition) is 7. The van der Waals surface area contributed by atoms with Crippen LogP contribution in [0.3, 0.4) is 0 Å². The van der Waals surface area contributed by atoms with Gasteiger partial charge >= 0.3 is 42.2 Å². The van der Waals surface area contributed by atoms with Crippen molar-refractivity contribution in [1.29, 1.82) is 0 Å². The van der Waals surface area contributed by atoms with Crippen molar-refractivity contribution >= 4 is 96.5 Å². The molecule has 7 rings (SSSR count). The number of carboxylic acids is 1. The summed E-state index contributed by atoms with van der Waals surface area (Å²) in [7, 11) is -12.1. The highest BCUT2D eigenvalue weighted by molar-refractivity contribution is 7.93. The number of sulfonamides is 2. The molecule has 4 heterocycles. The second-order valence-electron chi connectivity index (χ2n) is 19.1. The molecule has 8 N–H and O–H groups in total. The Labute approximate surface area is 523 Å². The largest absolute Gasteiger partial charge is 0.489 e. The standard InChI is InChI=1S/C17H17ClFNO4.C15H16F3N5O4S.C14H17N5O7S2.C5H12NO4P/c1-9(2)15-16(21)20(17(22)24-15)13-8-14(11(18)7-12(13)19)23-10-5-3-4-6-10;1-9-19-12(22-14(20-9)27-2)21-13(24)23-28(25,26)11-6-4-3-5-10(11)7-8-15(16,17)18;1-4-27(21,22)9-6-5-7-15-12(9)28(23,24)19-14(20)18-13-16-10(25-2)8-11(17-13)26-3;1-11(9,10)3-2-4(6)5(7)8/h7-8,10H,3-6H2,1-2H3;3-6H,7-8H2,1-2H3,(H2,19,20,21,22,23,24);5-8H,4H2,1-3H3,(H2,16,17,18,19,20);4H,2-3,6H2,1H3,(H,7,8)(H,9,10). The number of anilines is 3. The number of aryl methyl sites for hydroxylation is 2. The number of hydrogen-bond acceptors (Lipinski definition) is 24. The number of cyclic esters (lactones) is 1. The SMILES string of the molecule is CC(C)=C1OC(=O)N(c2cc(OC3CCCC3)c(Cl)cc2F)C1=O.CCS(=O)(=O)c1cccnc1S(=O)(=O)NC(=O)Nc1nc(OC)cc(OC)n1.COc1nc(C)nc(NC(=O)NS(=O)(=O)c2ccccc2CCC(F)(F)F)n1.CP(=O)(O)CCC(N)C(=O)O. The molecule has 2 atom stereocenters. The van der Waals surface area contributed by atoms with Gasteiger partial charge in [0.05, 0.1) is 54.9 Å². The first-order valence-corrected chi connectivity index (χ1v) is 33.5. The Hall–Kier alpha value is -8.42. The van der Waals surface area contributed by atoms with Gasteiger partial charge in [-0.3, -0.25) is 24.8 Å². The number of alkyl halides is 3. The number of urea groups is 2. The number of ether oxygens (including phenoxy) is 5. The lowest BCUT2D eigenvalue weighted by molar-refractivity contribution is -0.138. The Balaban J connectivity index is 0.000000270. The Morgan fingerprint density at radius 1 is 0.857 bits per heavy atom. The molecule has 1 aliphatic carbocycles. The third-order valence-electron chi connectivity index (χ3n) is 11.8. The quantitative estimate of drug-likeness (QED) is 0.0243. The first-order chi connectivity index (χ1) is 42.3. The molecule has 1 saturated heterocycles. The summed E-state index contributed by atoms with van der Waals surface area (Å²) in [6, 6.07) is 7.58. The highest BCUT2D eigenvalue weighted by Gasteiger charge is 2.41. The Bertz CT molecular complexity index is 3900. The van der Waals surface area contributed by atoms with E-state index in [1.54, 1.807) is 23.3 Å². The number of aliphatic carboxylic acids is 1. The molecule has 31 nitrogen and oxygen atoms in total. The molecule has 6 amide bonds. The Kier molecular flexibility index (Phi) is 26.8. The van der Waals surface area contributed by atoms with Crippen LogP contribution in [0.5, 0.6) is 23.5 Å². The van der Waals surface area contributed by atoms with Crippen LogP contribution in [-0.2, 0) is 55.2 Å². The topological polar surface area (TPSA) is 446 Å². The van der Waals surface area contributed by atoms with Gasteiger partial charge < -0.3 is 39.4 Å². The number of sulfone groups is 1. The van der Waals surface area contributed by atoms with E-state index in [4.69, 9.17) is 51.0 Å². The zero-order chi connectivity index (χ0) is 68.4. The molecule has 5 aromatic rings. The number of halogens is 5. The number of amides is 6. The van der Waals surface area contributed by atoms with Crippen LogP contribution in [0, 0.1) is 12.7 Å². The van der Waals surface area contributed by atoms with Crippen LogP contribution >= 0.6 is 19.0 Å². The van der Waals surface area contributed by atoms with Crippen LogP contribution in [0.1, 0.15) is 70.7 Å². The summed E-state index contributed by atoms with van der Waals surface area (Å²) in [5.41, 5.74) is 5.33. The van der Waals surface area contributed by atoms with Crippen molar-refractivity contribution in [2.24, 2.45) is 5.73 Å². The second-order valence-corrected chi connectivity index (χ2v) is 27.6. The van der Waals surface area contributed by atoms with Gasteiger partial charge in [-0.1, -0.05) is 36.7 Å². The number of aromatic nitrogens is 6. The molecule has 2 aliphatic rings. The van der Waals surface area contributed by atoms with Crippen LogP contribution in [0.15, 0.2) is 86.9 Å². The van der Waals surface area contributed by atoms with Gasteiger partial charge in [0.2, 0.25) is 23.7 Å². The molecule has 1 saturated carbocycles. The lowest BCUT2D eigenvalue weighted by atomic mass is 10.1. The number of nitrogens with one attached hydrogen (secondary N) is 4. The van der Waals surface area contributed by atoms with Crippen molar-refractivity contribution in [2.75, 3.05) is 55.4 Å². The maximum atomic E-state index is 14.3. The number of rotatable bonds is 20. The van der Waals surface area contributed by atoms with E-state index in [0.717, 1.165) is 50.1 Å². The maximum Gasteiger partial charge on any atom is 0.427 e.